The van der Waals surface area contributed by atoms with Gasteiger partial charge in [0.2, 0.25) is 0 Å². The number of hydrogen-bond donors (Lipinski definition) is 1. The average Bonchev–Trinajstić information content (AvgIpc) is 2.80. The molecule has 0 atom stereocenters. The molecule has 0 aliphatic heterocycles. The van der Waals surface area contributed by atoms with Crippen LogP contribution in [-0.4, -0.2) is 21.5 Å². The van der Waals surface area contributed by atoms with Crippen molar-refractivity contribution in [3.63, 3.8) is 0 Å². The number of aromatic nitrogens is 3. The molecule has 2 aromatic rings. The minimum atomic E-state index is 0.0988. The van der Waals surface area contributed by atoms with Crippen LogP contribution in [-0.2, 0) is 11.8 Å². The molecule has 4 nitrogen and oxygen atoms in total. The van der Waals surface area contributed by atoms with E-state index in [0.29, 0.717) is 0 Å². The van der Waals surface area contributed by atoms with Crippen molar-refractivity contribution >= 4 is 17.2 Å². The van der Waals surface area contributed by atoms with E-state index in [9.17, 15) is 0 Å². The molecule has 0 saturated heterocycles. The van der Waals surface area contributed by atoms with Crippen molar-refractivity contribution in [1.82, 2.24) is 15.0 Å². The lowest BCUT2D eigenvalue weighted by atomic mass is 9.93. The summed E-state index contributed by atoms with van der Waals surface area (Å²) >= 11 is 1.69. The fraction of sp³-hybridized carbons (Fsp3) is 0.500. The van der Waals surface area contributed by atoms with Crippen LogP contribution in [0.15, 0.2) is 17.8 Å². The first-order chi connectivity index (χ1) is 9.00. The number of hydrogen-bond acceptors (Lipinski definition) is 5. The van der Waals surface area contributed by atoms with Crippen LogP contribution in [0.25, 0.3) is 0 Å². The molecule has 2 aromatic heterocycles. The molecule has 0 aromatic carbocycles. The lowest BCUT2D eigenvalue weighted by molar-refractivity contribution is 0.571. The standard InChI is InChI=1S/C14H20N4S/c1-5-15-13-10(16-6-7-17-13)8-12-18-11(9-19-12)14(2,3)4/h6-7,9H,5,8H2,1-4H3,(H,15,17). The normalized spacial score (nSPS) is 11.6. The highest BCUT2D eigenvalue weighted by Gasteiger charge is 2.18. The van der Waals surface area contributed by atoms with Gasteiger partial charge in [0, 0.05) is 36.2 Å². The second-order valence-electron chi connectivity index (χ2n) is 5.44. The zero-order valence-electron chi connectivity index (χ0n) is 11.9. The van der Waals surface area contributed by atoms with Gasteiger partial charge in [0.1, 0.15) is 5.82 Å². The first-order valence-electron chi connectivity index (χ1n) is 6.49. The molecular formula is C14H20N4S. The van der Waals surface area contributed by atoms with Crippen molar-refractivity contribution in [2.24, 2.45) is 0 Å². The maximum atomic E-state index is 4.70. The first-order valence-corrected chi connectivity index (χ1v) is 7.37. The van der Waals surface area contributed by atoms with Crippen molar-refractivity contribution in [2.45, 2.75) is 39.5 Å². The molecule has 0 aliphatic carbocycles. The van der Waals surface area contributed by atoms with Gasteiger partial charge in [-0.2, -0.15) is 0 Å². The van der Waals surface area contributed by atoms with Crippen LogP contribution in [0.2, 0.25) is 0 Å². The molecule has 0 saturated carbocycles. The van der Waals surface area contributed by atoms with Gasteiger partial charge in [-0.15, -0.1) is 11.3 Å². The summed E-state index contributed by atoms with van der Waals surface area (Å²) < 4.78 is 0. The summed E-state index contributed by atoms with van der Waals surface area (Å²) in [7, 11) is 0. The predicted octanol–water partition coefficient (Wildman–Crippen LogP) is 3.25. The maximum absolute atomic E-state index is 4.70. The molecule has 0 aliphatic rings. The first kappa shape index (κ1) is 13.9. The predicted molar refractivity (Wildman–Crippen MR) is 79.8 cm³/mol. The monoisotopic (exact) mass is 276 g/mol. The number of rotatable bonds is 4. The second kappa shape index (κ2) is 5.65. The molecule has 19 heavy (non-hydrogen) atoms. The Balaban J connectivity index is 2.19. The average molecular weight is 276 g/mol. The lowest BCUT2D eigenvalue weighted by Crippen LogP contribution is -2.11. The van der Waals surface area contributed by atoms with Crippen molar-refractivity contribution in [3.05, 3.63) is 34.2 Å². The second-order valence-corrected chi connectivity index (χ2v) is 6.38. The van der Waals surface area contributed by atoms with E-state index >= 15 is 0 Å². The van der Waals surface area contributed by atoms with Gasteiger partial charge in [-0.1, -0.05) is 20.8 Å². The molecule has 0 bridgehead atoms. The fourth-order valence-corrected chi connectivity index (χ4v) is 2.72. The van der Waals surface area contributed by atoms with Crippen molar-refractivity contribution in [1.29, 1.82) is 0 Å². The van der Waals surface area contributed by atoms with Gasteiger partial charge in [0.05, 0.1) is 16.4 Å². The van der Waals surface area contributed by atoms with Crippen LogP contribution in [0.1, 0.15) is 44.1 Å². The topological polar surface area (TPSA) is 50.7 Å². The third-order valence-electron chi connectivity index (χ3n) is 2.76. The van der Waals surface area contributed by atoms with E-state index in [4.69, 9.17) is 4.98 Å². The molecule has 0 fully saturated rings. The van der Waals surface area contributed by atoms with Gasteiger partial charge in [0.15, 0.2) is 0 Å². The van der Waals surface area contributed by atoms with Gasteiger partial charge in [-0.3, -0.25) is 4.98 Å². The lowest BCUT2D eigenvalue weighted by Gasteiger charge is -2.14. The maximum Gasteiger partial charge on any atom is 0.148 e. The van der Waals surface area contributed by atoms with Crippen LogP contribution in [0.3, 0.4) is 0 Å². The zero-order valence-corrected chi connectivity index (χ0v) is 12.7. The molecule has 2 rings (SSSR count). The third kappa shape index (κ3) is 3.50. The van der Waals surface area contributed by atoms with Gasteiger partial charge in [0.25, 0.3) is 0 Å². The Kier molecular flexibility index (Phi) is 4.14. The number of nitrogens with one attached hydrogen (secondary N) is 1. The summed E-state index contributed by atoms with van der Waals surface area (Å²) in [4.78, 5) is 13.4. The van der Waals surface area contributed by atoms with Gasteiger partial charge in [-0.05, 0) is 6.92 Å². The van der Waals surface area contributed by atoms with Crippen LogP contribution in [0.4, 0.5) is 5.82 Å². The van der Waals surface area contributed by atoms with E-state index in [1.54, 1.807) is 23.7 Å². The van der Waals surface area contributed by atoms with Gasteiger partial charge < -0.3 is 5.32 Å². The molecule has 0 spiro atoms. The largest absolute Gasteiger partial charge is 0.369 e. The molecular weight excluding hydrogens is 256 g/mol. The summed E-state index contributed by atoms with van der Waals surface area (Å²) in [6.45, 7) is 9.44. The van der Waals surface area contributed by atoms with E-state index in [2.05, 4.69) is 48.4 Å². The SMILES string of the molecule is CCNc1nccnc1Cc1nc(C(C)(C)C)cs1. The Bertz CT molecular complexity index is 542. The van der Waals surface area contributed by atoms with Crippen molar-refractivity contribution in [3.8, 4) is 0 Å². The zero-order chi connectivity index (χ0) is 13.9. The summed E-state index contributed by atoms with van der Waals surface area (Å²) in [6.07, 6.45) is 4.18. The highest BCUT2D eigenvalue weighted by atomic mass is 32.1. The van der Waals surface area contributed by atoms with E-state index in [0.717, 1.165) is 35.2 Å². The summed E-state index contributed by atoms with van der Waals surface area (Å²) in [5.41, 5.74) is 2.20. The minimum Gasteiger partial charge on any atom is -0.369 e. The Morgan fingerprint density at radius 1 is 1.21 bits per heavy atom. The van der Waals surface area contributed by atoms with Gasteiger partial charge in [-0.25, -0.2) is 9.97 Å². The van der Waals surface area contributed by atoms with E-state index in [1.165, 1.54) is 0 Å². The molecule has 0 radical (unpaired) electrons. The smallest absolute Gasteiger partial charge is 0.148 e. The third-order valence-corrected chi connectivity index (χ3v) is 3.61. The minimum absolute atomic E-state index is 0.0988. The fourth-order valence-electron chi connectivity index (χ4n) is 1.69. The van der Waals surface area contributed by atoms with Crippen LogP contribution in [0.5, 0.6) is 0 Å². The van der Waals surface area contributed by atoms with E-state index < -0.39 is 0 Å². The summed E-state index contributed by atoms with van der Waals surface area (Å²) in [5.74, 6) is 0.859. The quantitative estimate of drug-likeness (QED) is 0.931. The number of anilines is 1. The van der Waals surface area contributed by atoms with Crippen LogP contribution in [0, 0.1) is 0 Å². The Morgan fingerprint density at radius 2 is 1.95 bits per heavy atom. The van der Waals surface area contributed by atoms with Crippen LogP contribution < -0.4 is 5.32 Å². The Hall–Kier alpha value is -1.49. The Labute approximate surface area is 118 Å². The van der Waals surface area contributed by atoms with E-state index in [1.807, 2.05) is 0 Å². The molecule has 102 valence electrons. The summed E-state index contributed by atoms with van der Waals surface area (Å²) in [5, 5.41) is 6.46. The molecule has 0 unspecified atom stereocenters. The van der Waals surface area contributed by atoms with Crippen molar-refractivity contribution in [2.75, 3.05) is 11.9 Å². The molecule has 1 N–H and O–H groups in total. The van der Waals surface area contributed by atoms with Crippen molar-refractivity contribution < 1.29 is 0 Å². The molecule has 5 heteroatoms. The molecule has 0 amide bonds. The van der Waals surface area contributed by atoms with Gasteiger partial charge >= 0.3 is 0 Å². The summed E-state index contributed by atoms with van der Waals surface area (Å²) in [6, 6.07) is 0. The number of nitrogens with zero attached hydrogens (tertiary/aromatic N) is 3. The van der Waals surface area contributed by atoms with E-state index in [-0.39, 0.29) is 5.41 Å². The molecule has 2 heterocycles. The Morgan fingerprint density at radius 3 is 2.58 bits per heavy atom. The number of thiazole rings is 1. The highest BCUT2D eigenvalue weighted by molar-refractivity contribution is 7.09. The van der Waals surface area contributed by atoms with Crippen LogP contribution >= 0.6 is 11.3 Å². The highest BCUT2D eigenvalue weighted by Crippen LogP contribution is 2.25.